The number of aromatic nitrogens is 2. The molecule has 172 valence electrons. The number of benzene rings is 2. The van der Waals surface area contributed by atoms with Gasteiger partial charge in [-0.05, 0) is 48.0 Å². The number of amides is 2. The topological polar surface area (TPSA) is 102 Å². The maximum atomic E-state index is 12.9. The van der Waals surface area contributed by atoms with E-state index in [2.05, 4.69) is 15.7 Å². The van der Waals surface area contributed by atoms with Crippen molar-refractivity contribution < 1.29 is 32.3 Å². The fraction of sp³-hybridized carbons (Fsp3) is 0.182. The van der Waals surface area contributed by atoms with Gasteiger partial charge in [-0.2, -0.15) is 18.3 Å². The van der Waals surface area contributed by atoms with Crippen LogP contribution in [-0.4, -0.2) is 34.7 Å². The SMILES string of the molecule is COC(=O)c1cc(CNC(=O)c2cccc(C(F)(F)F)c2)cc(NC(=O)Cn2cccn2)c1. The van der Waals surface area contributed by atoms with Crippen LogP contribution in [0.25, 0.3) is 0 Å². The van der Waals surface area contributed by atoms with Crippen molar-refractivity contribution in [1.82, 2.24) is 15.1 Å². The van der Waals surface area contributed by atoms with E-state index in [1.807, 2.05) is 0 Å². The number of esters is 1. The summed E-state index contributed by atoms with van der Waals surface area (Å²) in [6, 6.07) is 10.1. The molecule has 1 heterocycles. The second-order valence-electron chi connectivity index (χ2n) is 6.92. The van der Waals surface area contributed by atoms with Gasteiger partial charge in [0.15, 0.2) is 0 Å². The third-order valence-electron chi connectivity index (χ3n) is 4.47. The highest BCUT2D eigenvalue weighted by atomic mass is 19.4. The van der Waals surface area contributed by atoms with Gasteiger partial charge in [0.25, 0.3) is 5.91 Å². The summed E-state index contributed by atoms with van der Waals surface area (Å²) >= 11 is 0. The number of carbonyl (C=O) groups is 3. The van der Waals surface area contributed by atoms with E-state index in [-0.39, 0.29) is 29.9 Å². The second kappa shape index (κ2) is 9.98. The Hall–Kier alpha value is -4.15. The van der Waals surface area contributed by atoms with Crippen LogP contribution in [0.1, 0.15) is 31.8 Å². The molecular weight excluding hydrogens is 441 g/mol. The first-order valence-corrected chi connectivity index (χ1v) is 9.61. The van der Waals surface area contributed by atoms with E-state index >= 15 is 0 Å². The number of rotatable bonds is 7. The molecule has 0 saturated heterocycles. The molecule has 0 atom stereocenters. The van der Waals surface area contributed by atoms with Gasteiger partial charge in [-0.15, -0.1) is 0 Å². The van der Waals surface area contributed by atoms with Gasteiger partial charge >= 0.3 is 12.1 Å². The van der Waals surface area contributed by atoms with Gasteiger partial charge in [-0.25, -0.2) is 4.79 Å². The van der Waals surface area contributed by atoms with Crippen LogP contribution in [0.4, 0.5) is 18.9 Å². The Balaban J connectivity index is 1.75. The number of methoxy groups -OCH3 is 1. The predicted molar refractivity (Wildman–Crippen MR) is 111 cm³/mol. The summed E-state index contributed by atoms with van der Waals surface area (Å²) in [6.07, 6.45) is -1.44. The highest BCUT2D eigenvalue weighted by Crippen LogP contribution is 2.29. The Morgan fingerprint density at radius 3 is 2.52 bits per heavy atom. The van der Waals surface area contributed by atoms with Crippen molar-refractivity contribution >= 4 is 23.5 Å². The zero-order valence-corrected chi connectivity index (χ0v) is 17.3. The normalized spacial score (nSPS) is 11.0. The number of carbonyl (C=O) groups excluding carboxylic acids is 3. The molecule has 0 unspecified atom stereocenters. The van der Waals surface area contributed by atoms with Crippen LogP contribution in [-0.2, 0) is 28.8 Å². The predicted octanol–water partition coefficient (Wildman–Crippen LogP) is 3.26. The summed E-state index contributed by atoms with van der Waals surface area (Å²) in [7, 11) is 1.19. The highest BCUT2D eigenvalue weighted by Gasteiger charge is 2.30. The maximum absolute atomic E-state index is 12.9. The summed E-state index contributed by atoms with van der Waals surface area (Å²) in [5, 5.41) is 9.09. The fourth-order valence-corrected chi connectivity index (χ4v) is 2.96. The summed E-state index contributed by atoms with van der Waals surface area (Å²) < 4.78 is 44.8. The number of nitrogens with one attached hydrogen (secondary N) is 2. The number of anilines is 1. The smallest absolute Gasteiger partial charge is 0.416 e. The average Bonchev–Trinajstić information content (AvgIpc) is 3.29. The molecule has 2 N–H and O–H groups in total. The third-order valence-corrected chi connectivity index (χ3v) is 4.47. The first kappa shape index (κ1) is 23.5. The fourth-order valence-electron chi connectivity index (χ4n) is 2.96. The van der Waals surface area contributed by atoms with Crippen molar-refractivity contribution in [1.29, 1.82) is 0 Å². The molecule has 2 amide bonds. The Kier molecular flexibility index (Phi) is 7.11. The Morgan fingerprint density at radius 2 is 1.85 bits per heavy atom. The zero-order valence-electron chi connectivity index (χ0n) is 17.3. The van der Waals surface area contributed by atoms with Crippen LogP contribution in [0.2, 0.25) is 0 Å². The first-order chi connectivity index (χ1) is 15.7. The van der Waals surface area contributed by atoms with Gasteiger partial charge in [0.2, 0.25) is 5.91 Å². The molecule has 3 aromatic rings. The molecular formula is C22H19F3N4O4. The molecule has 8 nitrogen and oxygen atoms in total. The van der Waals surface area contributed by atoms with Gasteiger partial charge in [0.05, 0.1) is 18.2 Å². The lowest BCUT2D eigenvalue weighted by molar-refractivity contribution is -0.137. The molecule has 0 radical (unpaired) electrons. The van der Waals surface area contributed by atoms with Crippen molar-refractivity contribution in [3.05, 3.63) is 83.2 Å². The Morgan fingerprint density at radius 1 is 1.06 bits per heavy atom. The van der Waals surface area contributed by atoms with Crippen LogP contribution in [0.5, 0.6) is 0 Å². The lowest BCUT2D eigenvalue weighted by Crippen LogP contribution is -2.24. The molecule has 3 rings (SSSR count). The monoisotopic (exact) mass is 460 g/mol. The minimum absolute atomic E-state index is 0.0585. The zero-order chi connectivity index (χ0) is 24.0. The highest BCUT2D eigenvalue weighted by molar-refractivity contribution is 5.95. The van der Waals surface area contributed by atoms with Crippen molar-refractivity contribution in [2.24, 2.45) is 0 Å². The molecule has 0 spiro atoms. The summed E-state index contributed by atoms with van der Waals surface area (Å²) in [6.45, 7) is -0.168. The van der Waals surface area contributed by atoms with E-state index in [0.29, 0.717) is 5.56 Å². The van der Waals surface area contributed by atoms with Gasteiger partial charge in [-0.1, -0.05) is 6.07 Å². The van der Waals surface area contributed by atoms with Crippen molar-refractivity contribution in [3.8, 4) is 0 Å². The Labute approximate surface area is 186 Å². The summed E-state index contributed by atoms with van der Waals surface area (Å²) in [4.78, 5) is 36.6. The van der Waals surface area contributed by atoms with Crippen LogP contribution >= 0.6 is 0 Å². The van der Waals surface area contributed by atoms with E-state index in [4.69, 9.17) is 4.74 Å². The van der Waals surface area contributed by atoms with Gasteiger partial charge in [0.1, 0.15) is 6.54 Å². The summed E-state index contributed by atoms with van der Waals surface area (Å²) in [5.74, 6) is -1.79. The molecule has 11 heteroatoms. The average molecular weight is 460 g/mol. The van der Waals surface area contributed by atoms with Crippen LogP contribution in [0.15, 0.2) is 60.9 Å². The largest absolute Gasteiger partial charge is 0.465 e. The molecule has 2 aromatic carbocycles. The van der Waals surface area contributed by atoms with E-state index in [9.17, 15) is 27.6 Å². The van der Waals surface area contributed by atoms with Gasteiger partial charge in [-0.3, -0.25) is 14.3 Å². The van der Waals surface area contributed by atoms with Crippen molar-refractivity contribution in [2.75, 3.05) is 12.4 Å². The van der Waals surface area contributed by atoms with Gasteiger partial charge < -0.3 is 15.4 Å². The van der Waals surface area contributed by atoms with E-state index in [1.54, 1.807) is 12.3 Å². The minimum Gasteiger partial charge on any atom is -0.465 e. The maximum Gasteiger partial charge on any atom is 0.416 e. The summed E-state index contributed by atoms with van der Waals surface area (Å²) in [5.41, 5.74) is -0.282. The minimum atomic E-state index is -4.57. The quantitative estimate of drug-likeness (QED) is 0.527. The second-order valence-corrected chi connectivity index (χ2v) is 6.92. The van der Waals surface area contributed by atoms with Gasteiger partial charge in [0, 0.05) is 30.2 Å². The number of hydrogen-bond donors (Lipinski definition) is 2. The van der Waals surface area contributed by atoms with Crippen molar-refractivity contribution in [3.63, 3.8) is 0 Å². The van der Waals surface area contributed by atoms with Crippen LogP contribution in [0.3, 0.4) is 0 Å². The lowest BCUT2D eigenvalue weighted by atomic mass is 10.1. The molecule has 0 fully saturated rings. The van der Waals surface area contributed by atoms with E-state index < -0.39 is 29.5 Å². The first-order valence-electron chi connectivity index (χ1n) is 9.61. The number of nitrogens with zero attached hydrogens (tertiary/aromatic N) is 2. The van der Waals surface area contributed by atoms with Crippen LogP contribution < -0.4 is 10.6 Å². The number of alkyl halides is 3. The Bertz CT molecular complexity index is 1160. The number of halogens is 3. The molecule has 0 aliphatic rings. The number of ether oxygens (including phenoxy) is 1. The molecule has 0 saturated carbocycles. The lowest BCUT2D eigenvalue weighted by Gasteiger charge is -2.12. The number of hydrogen-bond acceptors (Lipinski definition) is 5. The van der Waals surface area contributed by atoms with Crippen LogP contribution in [0, 0.1) is 0 Å². The molecule has 0 aliphatic heterocycles. The third kappa shape index (κ3) is 6.42. The van der Waals surface area contributed by atoms with Crippen molar-refractivity contribution in [2.45, 2.75) is 19.3 Å². The molecule has 0 aliphatic carbocycles. The molecule has 33 heavy (non-hydrogen) atoms. The molecule has 0 bridgehead atoms. The van der Waals surface area contributed by atoms with E-state index in [0.717, 1.165) is 18.2 Å². The molecule has 1 aromatic heterocycles. The standard InChI is InChI=1S/C22H19F3N4O4/c1-33-21(32)16-8-14(9-18(11-16)28-19(30)13-29-7-3-6-27-29)12-26-20(31)15-4-2-5-17(10-15)22(23,24)25/h2-11H,12-13H2,1H3,(H,26,31)(H,28,30). The van der Waals surface area contributed by atoms with E-state index in [1.165, 1.54) is 42.3 Å².